The molecule has 0 bridgehead atoms. The van der Waals surface area contributed by atoms with Crippen LogP contribution in [0, 0.1) is 23.1 Å². The first-order valence-electron chi connectivity index (χ1n) is 7.53. The van der Waals surface area contributed by atoms with Gasteiger partial charge in [0.2, 0.25) is 5.91 Å². The number of hydrogen-bond donors (Lipinski definition) is 1. The van der Waals surface area contributed by atoms with Gasteiger partial charge < -0.3 is 5.32 Å². The minimum Gasteiger partial charge on any atom is -0.325 e. The number of amides is 1. The van der Waals surface area contributed by atoms with E-state index in [0.29, 0.717) is 21.5 Å². The molecule has 1 aliphatic rings. The molecule has 0 heterocycles. The highest BCUT2D eigenvalue weighted by Crippen LogP contribution is 2.40. The van der Waals surface area contributed by atoms with Crippen molar-refractivity contribution in [3.8, 4) is 0 Å². The van der Waals surface area contributed by atoms with Crippen LogP contribution in [-0.4, -0.2) is 5.91 Å². The van der Waals surface area contributed by atoms with Gasteiger partial charge in [-0.1, -0.05) is 20.8 Å². The Balaban J connectivity index is 1.93. The standard InChI is InChI=1S/C17H23BrFNO/c1-17(2,3)12-6-4-11(5-7-12)16(21)20-15-9-8-13(19)10-14(15)18/h8-12H,4-7H2,1-3H3,(H,20,21). The third-order valence-corrected chi connectivity index (χ3v) is 5.17. The fourth-order valence-corrected chi connectivity index (χ4v) is 3.50. The summed E-state index contributed by atoms with van der Waals surface area (Å²) in [5.41, 5.74) is 0.959. The third-order valence-electron chi connectivity index (χ3n) is 4.51. The number of rotatable bonds is 2. The summed E-state index contributed by atoms with van der Waals surface area (Å²) in [7, 11) is 0. The van der Waals surface area contributed by atoms with E-state index in [1.165, 1.54) is 12.1 Å². The number of anilines is 1. The van der Waals surface area contributed by atoms with Crippen LogP contribution in [0.15, 0.2) is 22.7 Å². The molecule has 0 spiro atoms. The van der Waals surface area contributed by atoms with E-state index in [1.54, 1.807) is 6.07 Å². The predicted molar refractivity (Wildman–Crippen MR) is 87.6 cm³/mol. The molecule has 1 amide bonds. The molecular formula is C17H23BrFNO. The van der Waals surface area contributed by atoms with E-state index in [1.807, 2.05) is 0 Å². The molecule has 0 saturated heterocycles. The summed E-state index contributed by atoms with van der Waals surface area (Å²) in [5.74, 6) is 0.500. The summed E-state index contributed by atoms with van der Waals surface area (Å²) in [6, 6.07) is 4.32. The van der Waals surface area contributed by atoms with Crippen molar-refractivity contribution in [3.05, 3.63) is 28.5 Å². The maximum Gasteiger partial charge on any atom is 0.227 e. The Morgan fingerprint density at radius 3 is 2.38 bits per heavy atom. The fraction of sp³-hybridized carbons (Fsp3) is 0.588. The molecule has 1 N–H and O–H groups in total. The van der Waals surface area contributed by atoms with Crippen molar-refractivity contribution >= 4 is 27.5 Å². The maximum atomic E-state index is 13.1. The highest BCUT2D eigenvalue weighted by Gasteiger charge is 2.32. The molecule has 1 saturated carbocycles. The molecule has 1 aliphatic carbocycles. The van der Waals surface area contributed by atoms with Gasteiger partial charge in [-0.2, -0.15) is 0 Å². The molecule has 116 valence electrons. The normalized spacial score (nSPS) is 22.9. The quantitative estimate of drug-likeness (QED) is 0.757. The van der Waals surface area contributed by atoms with Gasteiger partial charge in [0.1, 0.15) is 5.82 Å². The van der Waals surface area contributed by atoms with Crippen LogP contribution in [0.4, 0.5) is 10.1 Å². The zero-order valence-electron chi connectivity index (χ0n) is 12.9. The van der Waals surface area contributed by atoms with Gasteiger partial charge in [-0.3, -0.25) is 4.79 Å². The molecule has 0 aromatic heterocycles. The lowest BCUT2D eigenvalue weighted by atomic mass is 9.69. The van der Waals surface area contributed by atoms with Gasteiger partial charge in [0.05, 0.1) is 5.69 Å². The second-order valence-electron chi connectivity index (χ2n) is 7.03. The summed E-state index contributed by atoms with van der Waals surface area (Å²) in [6.45, 7) is 6.81. The first kappa shape index (κ1) is 16.5. The number of nitrogens with one attached hydrogen (secondary N) is 1. The van der Waals surface area contributed by atoms with Gasteiger partial charge in [0, 0.05) is 10.4 Å². The van der Waals surface area contributed by atoms with Crippen molar-refractivity contribution in [2.45, 2.75) is 46.5 Å². The lowest BCUT2D eigenvalue weighted by Crippen LogP contribution is -2.31. The van der Waals surface area contributed by atoms with Crippen molar-refractivity contribution in [2.24, 2.45) is 17.3 Å². The molecule has 1 aromatic carbocycles. The number of carbonyl (C=O) groups excluding carboxylic acids is 1. The molecule has 2 rings (SSSR count). The van der Waals surface area contributed by atoms with E-state index in [2.05, 4.69) is 42.0 Å². The molecule has 0 aliphatic heterocycles. The van der Waals surface area contributed by atoms with Crippen LogP contribution in [-0.2, 0) is 4.79 Å². The van der Waals surface area contributed by atoms with Crippen LogP contribution in [0.3, 0.4) is 0 Å². The maximum absolute atomic E-state index is 13.1. The minimum atomic E-state index is -0.314. The Labute approximate surface area is 134 Å². The van der Waals surface area contributed by atoms with E-state index in [-0.39, 0.29) is 17.6 Å². The lowest BCUT2D eigenvalue weighted by Gasteiger charge is -2.36. The Bertz CT molecular complexity index is 516. The highest BCUT2D eigenvalue weighted by molar-refractivity contribution is 9.10. The average molecular weight is 356 g/mol. The molecule has 0 unspecified atom stereocenters. The summed E-state index contributed by atoms with van der Waals surface area (Å²) >= 11 is 3.28. The Morgan fingerprint density at radius 1 is 1.24 bits per heavy atom. The number of hydrogen-bond acceptors (Lipinski definition) is 1. The van der Waals surface area contributed by atoms with Crippen LogP contribution < -0.4 is 5.32 Å². The van der Waals surface area contributed by atoms with Gasteiger partial charge in [-0.15, -0.1) is 0 Å². The van der Waals surface area contributed by atoms with Gasteiger partial charge in [-0.05, 0) is 71.1 Å². The molecular weight excluding hydrogens is 333 g/mol. The van der Waals surface area contributed by atoms with Crippen LogP contribution in [0.5, 0.6) is 0 Å². The van der Waals surface area contributed by atoms with Crippen molar-refractivity contribution in [3.63, 3.8) is 0 Å². The number of halogens is 2. The van der Waals surface area contributed by atoms with Crippen LogP contribution in [0.2, 0.25) is 0 Å². The van der Waals surface area contributed by atoms with Crippen LogP contribution >= 0.6 is 15.9 Å². The zero-order chi connectivity index (χ0) is 15.6. The van der Waals surface area contributed by atoms with Crippen molar-refractivity contribution < 1.29 is 9.18 Å². The smallest absolute Gasteiger partial charge is 0.227 e. The average Bonchev–Trinajstić information content (AvgIpc) is 2.41. The van der Waals surface area contributed by atoms with E-state index in [9.17, 15) is 9.18 Å². The summed E-state index contributed by atoms with van der Waals surface area (Å²) < 4.78 is 13.6. The first-order chi connectivity index (χ1) is 9.77. The van der Waals surface area contributed by atoms with E-state index < -0.39 is 0 Å². The van der Waals surface area contributed by atoms with Crippen molar-refractivity contribution in [2.75, 3.05) is 5.32 Å². The first-order valence-corrected chi connectivity index (χ1v) is 8.32. The minimum absolute atomic E-state index is 0.0506. The van der Waals surface area contributed by atoms with Gasteiger partial charge >= 0.3 is 0 Å². The van der Waals surface area contributed by atoms with Gasteiger partial charge in [0.25, 0.3) is 0 Å². The monoisotopic (exact) mass is 355 g/mol. The van der Waals surface area contributed by atoms with E-state index >= 15 is 0 Å². The van der Waals surface area contributed by atoms with Crippen molar-refractivity contribution in [1.29, 1.82) is 0 Å². The van der Waals surface area contributed by atoms with Crippen LogP contribution in [0.1, 0.15) is 46.5 Å². The highest BCUT2D eigenvalue weighted by atomic mass is 79.9. The number of carbonyl (C=O) groups is 1. The molecule has 0 atom stereocenters. The molecule has 1 aromatic rings. The predicted octanol–water partition coefficient (Wildman–Crippen LogP) is 5.38. The molecule has 1 fully saturated rings. The Morgan fingerprint density at radius 2 is 1.86 bits per heavy atom. The van der Waals surface area contributed by atoms with E-state index in [4.69, 9.17) is 0 Å². The Kier molecular flexibility index (Phi) is 5.07. The molecule has 0 radical (unpaired) electrons. The summed E-state index contributed by atoms with van der Waals surface area (Å²) in [4.78, 5) is 12.3. The van der Waals surface area contributed by atoms with Crippen molar-refractivity contribution in [1.82, 2.24) is 0 Å². The van der Waals surface area contributed by atoms with E-state index in [0.717, 1.165) is 25.7 Å². The SMILES string of the molecule is CC(C)(C)C1CCC(C(=O)Nc2ccc(F)cc2Br)CC1. The molecule has 4 heteroatoms. The zero-order valence-corrected chi connectivity index (χ0v) is 14.5. The second kappa shape index (κ2) is 6.47. The lowest BCUT2D eigenvalue weighted by molar-refractivity contribution is -0.121. The number of benzene rings is 1. The largest absolute Gasteiger partial charge is 0.325 e. The third kappa shape index (κ3) is 4.29. The Hall–Kier alpha value is -0.900. The molecule has 21 heavy (non-hydrogen) atoms. The topological polar surface area (TPSA) is 29.1 Å². The van der Waals surface area contributed by atoms with Gasteiger partial charge in [-0.25, -0.2) is 4.39 Å². The summed E-state index contributed by atoms with van der Waals surface area (Å²) in [6.07, 6.45) is 4.08. The fourth-order valence-electron chi connectivity index (χ4n) is 3.05. The van der Waals surface area contributed by atoms with Gasteiger partial charge in [0.15, 0.2) is 0 Å². The second-order valence-corrected chi connectivity index (χ2v) is 7.88. The summed E-state index contributed by atoms with van der Waals surface area (Å²) in [5, 5.41) is 2.91. The van der Waals surface area contributed by atoms with Crippen LogP contribution in [0.25, 0.3) is 0 Å². The molecule has 2 nitrogen and oxygen atoms in total.